The molecule has 0 N–H and O–H groups in total. The Morgan fingerprint density at radius 2 is 2.00 bits per heavy atom. The molecule has 5 heteroatoms. The average Bonchev–Trinajstić information content (AvgIpc) is 2.87. The average molecular weight is 253 g/mol. The van der Waals surface area contributed by atoms with Crippen molar-refractivity contribution < 1.29 is 0 Å². The van der Waals surface area contributed by atoms with E-state index < -0.39 is 0 Å². The standard InChI is InChI=1S/C13H7N3OS/c17-13-11-8(4-5-9-12(11)18-7-14-9)15-10-3-1-2-6-16(10)13/h1-7H. The molecule has 3 aromatic heterocycles. The van der Waals surface area contributed by atoms with E-state index >= 15 is 0 Å². The van der Waals surface area contributed by atoms with Gasteiger partial charge in [0.05, 0.1) is 26.6 Å². The van der Waals surface area contributed by atoms with Gasteiger partial charge in [0.25, 0.3) is 5.56 Å². The minimum absolute atomic E-state index is 0.0366. The fraction of sp³-hybridized carbons (Fsp3) is 0. The van der Waals surface area contributed by atoms with Gasteiger partial charge in [-0.3, -0.25) is 9.20 Å². The van der Waals surface area contributed by atoms with Crippen LogP contribution in [0.2, 0.25) is 0 Å². The van der Waals surface area contributed by atoms with Crippen molar-refractivity contribution in [2.45, 2.75) is 0 Å². The Bertz CT molecular complexity index is 955. The second-order valence-corrected chi connectivity index (χ2v) is 4.86. The molecule has 0 saturated heterocycles. The van der Waals surface area contributed by atoms with Crippen LogP contribution in [0.1, 0.15) is 0 Å². The van der Waals surface area contributed by atoms with Crippen LogP contribution in [0.3, 0.4) is 0 Å². The van der Waals surface area contributed by atoms with Crippen LogP contribution in [0.4, 0.5) is 0 Å². The molecule has 0 fully saturated rings. The Hall–Kier alpha value is -2.27. The van der Waals surface area contributed by atoms with Crippen molar-refractivity contribution in [2.24, 2.45) is 0 Å². The largest absolute Gasteiger partial charge is 0.268 e. The Kier molecular flexibility index (Phi) is 1.82. The molecule has 0 radical (unpaired) electrons. The number of rotatable bonds is 0. The molecule has 0 aliphatic rings. The van der Waals surface area contributed by atoms with Crippen molar-refractivity contribution >= 4 is 38.1 Å². The van der Waals surface area contributed by atoms with Gasteiger partial charge >= 0.3 is 0 Å². The predicted octanol–water partition coefficient (Wildman–Crippen LogP) is 2.46. The fourth-order valence-electron chi connectivity index (χ4n) is 2.16. The second kappa shape index (κ2) is 3.36. The van der Waals surface area contributed by atoms with E-state index in [4.69, 9.17) is 0 Å². The first-order chi connectivity index (χ1) is 8.84. The van der Waals surface area contributed by atoms with Crippen molar-refractivity contribution in [3.63, 3.8) is 0 Å². The van der Waals surface area contributed by atoms with E-state index in [0.29, 0.717) is 11.0 Å². The van der Waals surface area contributed by atoms with Gasteiger partial charge in [0.15, 0.2) is 0 Å². The number of fused-ring (bicyclic) bond motifs is 4. The summed E-state index contributed by atoms with van der Waals surface area (Å²) in [5.41, 5.74) is 3.96. The lowest BCUT2D eigenvalue weighted by Gasteiger charge is -2.02. The molecule has 86 valence electrons. The van der Waals surface area contributed by atoms with Gasteiger partial charge in [0, 0.05) is 6.20 Å². The molecular weight excluding hydrogens is 246 g/mol. The van der Waals surface area contributed by atoms with Crippen molar-refractivity contribution in [3.05, 3.63) is 52.4 Å². The number of pyridine rings is 1. The molecule has 0 bridgehead atoms. The van der Waals surface area contributed by atoms with Crippen LogP contribution in [0.5, 0.6) is 0 Å². The molecule has 0 aliphatic heterocycles. The quantitative estimate of drug-likeness (QED) is 0.452. The number of nitrogens with zero attached hydrogens (tertiary/aromatic N) is 3. The maximum atomic E-state index is 12.5. The van der Waals surface area contributed by atoms with Crippen LogP contribution in [0, 0.1) is 0 Å². The zero-order valence-electron chi connectivity index (χ0n) is 9.20. The summed E-state index contributed by atoms with van der Waals surface area (Å²) in [6.45, 7) is 0. The molecule has 0 unspecified atom stereocenters. The number of hydrogen-bond acceptors (Lipinski definition) is 4. The summed E-state index contributed by atoms with van der Waals surface area (Å²) in [5, 5.41) is 0.652. The number of benzene rings is 1. The summed E-state index contributed by atoms with van der Waals surface area (Å²) in [7, 11) is 0. The van der Waals surface area contributed by atoms with Gasteiger partial charge in [-0.25, -0.2) is 9.97 Å². The Labute approximate surface area is 105 Å². The highest BCUT2D eigenvalue weighted by atomic mass is 32.1. The molecule has 0 saturated carbocycles. The molecule has 0 spiro atoms. The van der Waals surface area contributed by atoms with Crippen molar-refractivity contribution in [3.8, 4) is 0 Å². The highest BCUT2D eigenvalue weighted by Crippen LogP contribution is 2.24. The first-order valence-electron chi connectivity index (χ1n) is 5.48. The third kappa shape index (κ3) is 1.16. The Morgan fingerprint density at radius 1 is 1.11 bits per heavy atom. The summed E-state index contributed by atoms with van der Waals surface area (Å²) in [6, 6.07) is 9.29. The van der Waals surface area contributed by atoms with Crippen molar-refractivity contribution in [2.75, 3.05) is 0 Å². The highest BCUT2D eigenvalue weighted by Gasteiger charge is 2.10. The van der Waals surface area contributed by atoms with E-state index in [1.807, 2.05) is 30.3 Å². The molecule has 0 atom stereocenters. The van der Waals surface area contributed by atoms with E-state index in [9.17, 15) is 4.79 Å². The first kappa shape index (κ1) is 9.73. The molecule has 0 amide bonds. The summed E-state index contributed by atoms with van der Waals surface area (Å²) < 4.78 is 2.48. The first-order valence-corrected chi connectivity index (χ1v) is 6.36. The SMILES string of the molecule is O=c1c2c(ccc3ncsc32)nc2ccccn12. The number of aromatic nitrogens is 3. The van der Waals surface area contributed by atoms with E-state index in [0.717, 1.165) is 15.7 Å². The predicted molar refractivity (Wildman–Crippen MR) is 72.1 cm³/mol. The van der Waals surface area contributed by atoms with Gasteiger partial charge in [-0.1, -0.05) is 6.07 Å². The fourth-order valence-corrected chi connectivity index (χ4v) is 2.98. The maximum absolute atomic E-state index is 12.5. The van der Waals surface area contributed by atoms with Gasteiger partial charge in [0.2, 0.25) is 0 Å². The smallest absolute Gasteiger partial charge is 0.267 e. The molecule has 18 heavy (non-hydrogen) atoms. The maximum Gasteiger partial charge on any atom is 0.267 e. The van der Waals surface area contributed by atoms with Crippen LogP contribution in [0.15, 0.2) is 46.8 Å². The van der Waals surface area contributed by atoms with Crippen molar-refractivity contribution in [1.29, 1.82) is 0 Å². The number of hydrogen-bond donors (Lipinski definition) is 0. The normalized spacial score (nSPS) is 11.6. The monoisotopic (exact) mass is 253 g/mol. The van der Waals surface area contributed by atoms with Crippen LogP contribution >= 0.6 is 11.3 Å². The van der Waals surface area contributed by atoms with E-state index in [1.54, 1.807) is 16.1 Å². The third-order valence-electron chi connectivity index (χ3n) is 2.98. The zero-order valence-corrected chi connectivity index (χ0v) is 10.0. The zero-order chi connectivity index (χ0) is 12.1. The van der Waals surface area contributed by atoms with Crippen LogP contribution in [-0.4, -0.2) is 14.4 Å². The molecule has 0 aliphatic carbocycles. The van der Waals surface area contributed by atoms with Gasteiger partial charge in [-0.2, -0.15) is 0 Å². The lowest BCUT2D eigenvalue weighted by molar-refractivity contribution is 1.08. The van der Waals surface area contributed by atoms with Gasteiger partial charge in [0.1, 0.15) is 5.65 Å². The highest BCUT2D eigenvalue weighted by molar-refractivity contribution is 7.17. The lowest BCUT2D eigenvalue weighted by Crippen LogP contribution is -2.14. The lowest BCUT2D eigenvalue weighted by atomic mass is 10.2. The molecule has 1 aromatic carbocycles. The summed E-state index contributed by atoms with van der Waals surface area (Å²) in [5.74, 6) is 0. The Balaban J connectivity index is 2.40. The van der Waals surface area contributed by atoms with E-state index in [1.165, 1.54) is 11.3 Å². The van der Waals surface area contributed by atoms with Gasteiger partial charge < -0.3 is 0 Å². The summed E-state index contributed by atoms with van der Waals surface area (Å²) in [4.78, 5) is 21.2. The van der Waals surface area contributed by atoms with Crippen LogP contribution < -0.4 is 5.56 Å². The van der Waals surface area contributed by atoms with Gasteiger partial charge in [-0.05, 0) is 24.3 Å². The van der Waals surface area contributed by atoms with E-state index in [-0.39, 0.29) is 5.56 Å². The van der Waals surface area contributed by atoms with Gasteiger partial charge in [-0.15, -0.1) is 11.3 Å². The van der Waals surface area contributed by atoms with Crippen LogP contribution in [0.25, 0.3) is 26.8 Å². The van der Waals surface area contributed by atoms with E-state index in [2.05, 4.69) is 9.97 Å². The minimum atomic E-state index is -0.0366. The molecular formula is C13H7N3OS. The molecule has 4 rings (SSSR count). The number of thiazole rings is 1. The van der Waals surface area contributed by atoms with Crippen LogP contribution in [-0.2, 0) is 0 Å². The molecule has 4 nitrogen and oxygen atoms in total. The minimum Gasteiger partial charge on any atom is -0.268 e. The topological polar surface area (TPSA) is 47.3 Å². The third-order valence-corrected chi connectivity index (χ3v) is 3.84. The summed E-state index contributed by atoms with van der Waals surface area (Å²) in [6.07, 6.45) is 1.74. The second-order valence-electron chi connectivity index (χ2n) is 4.01. The molecule has 3 heterocycles. The Morgan fingerprint density at radius 3 is 2.94 bits per heavy atom. The van der Waals surface area contributed by atoms with Crippen molar-refractivity contribution in [1.82, 2.24) is 14.4 Å². The molecule has 4 aromatic rings. The summed E-state index contributed by atoms with van der Waals surface area (Å²) >= 11 is 1.48.